The Labute approximate surface area is 124 Å². The molecule has 0 unspecified atom stereocenters. The maximum absolute atomic E-state index is 11.0. The van der Waals surface area contributed by atoms with Gasteiger partial charge < -0.3 is 9.52 Å². The molecule has 0 aliphatic heterocycles. The molecule has 0 radical (unpaired) electrons. The molecule has 0 aliphatic carbocycles. The van der Waals surface area contributed by atoms with Crippen molar-refractivity contribution in [3.05, 3.63) is 58.1 Å². The van der Waals surface area contributed by atoms with Crippen LogP contribution in [0.3, 0.4) is 0 Å². The molecule has 1 aromatic heterocycles. The van der Waals surface area contributed by atoms with Crippen LogP contribution in [-0.4, -0.2) is 11.1 Å². The van der Waals surface area contributed by atoms with E-state index in [1.54, 1.807) is 30.3 Å². The molecule has 0 aliphatic rings. The molecule has 0 spiro atoms. The van der Waals surface area contributed by atoms with E-state index in [1.807, 2.05) is 0 Å². The van der Waals surface area contributed by atoms with Crippen molar-refractivity contribution in [2.24, 2.45) is 0 Å². The molecule has 1 heterocycles. The third-order valence-electron chi connectivity index (χ3n) is 2.91. The van der Waals surface area contributed by atoms with Crippen LogP contribution in [0.1, 0.15) is 10.4 Å². The highest BCUT2D eigenvalue weighted by Gasteiger charge is 2.11. The molecular weight excluding hydrogens is 299 g/mol. The fourth-order valence-corrected chi connectivity index (χ4v) is 2.43. The van der Waals surface area contributed by atoms with Gasteiger partial charge in [-0.25, -0.2) is 4.79 Å². The minimum Gasteiger partial charge on any atom is -0.478 e. The number of hydrogen-bond donors (Lipinski definition) is 1. The summed E-state index contributed by atoms with van der Waals surface area (Å²) in [4.78, 5) is 11.0. The Hall–Kier alpha value is -1.97. The third kappa shape index (κ3) is 2.38. The van der Waals surface area contributed by atoms with E-state index in [9.17, 15) is 4.79 Å². The third-order valence-corrected chi connectivity index (χ3v) is 3.36. The summed E-state index contributed by atoms with van der Waals surface area (Å²) in [5.41, 5.74) is 1.41. The molecule has 3 rings (SSSR count). The molecule has 2 aromatic carbocycles. The van der Waals surface area contributed by atoms with Gasteiger partial charge in [0.15, 0.2) is 0 Å². The minimum atomic E-state index is -1.03. The van der Waals surface area contributed by atoms with Gasteiger partial charge in [-0.05, 0) is 42.5 Å². The van der Waals surface area contributed by atoms with Crippen molar-refractivity contribution in [2.75, 3.05) is 0 Å². The van der Waals surface area contributed by atoms with Crippen molar-refractivity contribution in [2.45, 2.75) is 0 Å². The topological polar surface area (TPSA) is 50.4 Å². The smallest absolute Gasteiger partial charge is 0.335 e. The Kier molecular flexibility index (Phi) is 3.16. The zero-order chi connectivity index (χ0) is 14.3. The second-order valence-corrected chi connectivity index (χ2v) is 5.20. The highest BCUT2D eigenvalue weighted by molar-refractivity contribution is 6.31. The SMILES string of the molecule is O=C(O)c1cc(Cl)cc(-c2cc3cc(Cl)ccc3o2)c1. The normalized spacial score (nSPS) is 10.9. The molecule has 0 fully saturated rings. The van der Waals surface area contributed by atoms with Crippen LogP contribution in [0.4, 0.5) is 0 Å². The zero-order valence-corrected chi connectivity index (χ0v) is 11.6. The summed E-state index contributed by atoms with van der Waals surface area (Å²) >= 11 is 11.9. The first kappa shape index (κ1) is 13.0. The molecule has 100 valence electrons. The average Bonchev–Trinajstić information content (AvgIpc) is 2.80. The van der Waals surface area contributed by atoms with Gasteiger partial charge in [0, 0.05) is 21.0 Å². The predicted molar refractivity (Wildman–Crippen MR) is 78.6 cm³/mol. The lowest BCUT2D eigenvalue weighted by Crippen LogP contribution is -1.96. The van der Waals surface area contributed by atoms with E-state index in [0.29, 0.717) is 27.0 Å². The average molecular weight is 307 g/mol. The molecule has 0 saturated carbocycles. The minimum absolute atomic E-state index is 0.117. The Balaban J connectivity index is 2.17. The standard InChI is InChI=1S/C15H8Cl2O3/c16-11-1-2-13-9(4-11)7-14(20-13)8-3-10(15(18)19)6-12(17)5-8/h1-7H,(H,18,19). The van der Waals surface area contributed by atoms with Crippen molar-refractivity contribution in [3.8, 4) is 11.3 Å². The van der Waals surface area contributed by atoms with Crippen LogP contribution in [0.25, 0.3) is 22.3 Å². The Morgan fingerprint density at radius 1 is 1.00 bits per heavy atom. The van der Waals surface area contributed by atoms with Gasteiger partial charge in [-0.2, -0.15) is 0 Å². The van der Waals surface area contributed by atoms with Crippen molar-refractivity contribution in [1.82, 2.24) is 0 Å². The molecule has 3 nitrogen and oxygen atoms in total. The van der Waals surface area contributed by atoms with Gasteiger partial charge in [-0.3, -0.25) is 0 Å². The van der Waals surface area contributed by atoms with E-state index in [2.05, 4.69) is 0 Å². The first-order chi connectivity index (χ1) is 9.52. The number of rotatable bonds is 2. The largest absolute Gasteiger partial charge is 0.478 e. The number of benzene rings is 2. The van der Waals surface area contributed by atoms with Gasteiger partial charge in [0.25, 0.3) is 0 Å². The number of aromatic carboxylic acids is 1. The number of furan rings is 1. The van der Waals surface area contributed by atoms with Gasteiger partial charge in [0.1, 0.15) is 11.3 Å². The molecule has 0 saturated heterocycles. The van der Waals surface area contributed by atoms with Crippen LogP contribution in [-0.2, 0) is 0 Å². The van der Waals surface area contributed by atoms with Crippen LogP contribution in [0.15, 0.2) is 46.9 Å². The number of hydrogen-bond acceptors (Lipinski definition) is 2. The van der Waals surface area contributed by atoms with Crippen LogP contribution < -0.4 is 0 Å². The van der Waals surface area contributed by atoms with Crippen LogP contribution in [0.2, 0.25) is 10.0 Å². The van der Waals surface area contributed by atoms with Gasteiger partial charge in [0.2, 0.25) is 0 Å². The summed E-state index contributed by atoms with van der Waals surface area (Å²) in [6, 6.07) is 11.7. The van der Waals surface area contributed by atoms with Gasteiger partial charge in [-0.15, -0.1) is 0 Å². The van der Waals surface area contributed by atoms with Crippen LogP contribution in [0.5, 0.6) is 0 Å². The number of halogens is 2. The Morgan fingerprint density at radius 3 is 2.55 bits per heavy atom. The summed E-state index contributed by atoms with van der Waals surface area (Å²) in [6.45, 7) is 0. The molecular formula is C15H8Cl2O3. The summed E-state index contributed by atoms with van der Waals surface area (Å²) in [6.07, 6.45) is 0. The van der Waals surface area contributed by atoms with Gasteiger partial charge in [-0.1, -0.05) is 23.2 Å². The molecule has 20 heavy (non-hydrogen) atoms. The fourth-order valence-electron chi connectivity index (χ4n) is 2.01. The molecule has 0 amide bonds. The van der Waals surface area contributed by atoms with E-state index in [4.69, 9.17) is 32.7 Å². The van der Waals surface area contributed by atoms with Crippen molar-refractivity contribution >= 4 is 40.1 Å². The van der Waals surface area contributed by atoms with Gasteiger partial charge in [0.05, 0.1) is 5.56 Å². The van der Waals surface area contributed by atoms with E-state index < -0.39 is 5.97 Å². The highest BCUT2D eigenvalue weighted by atomic mass is 35.5. The predicted octanol–water partition coefficient (Wildman–Crippen LogP) is 5.10. The summed E-state index contributed by atoms with van der Waals surface area (Å²) in [5, 5.41) is 10.9. The van der Waals surface area contributed by atoms with E-state index >= 15 is 0 Å². The lowest BCUT2D eigenvalue weighted by atomic mass is 10.1. The Morgan fingerprint density at radius 2 is 1.80 bits per heavy atom. The van der Waals surface area contributed by atoms with Gasteiger partial charge >= 0.3 is 5.97 Å². The van der Waals surface area contributed by atoms with E-state index in [0.717, 1.165) is 5.39 Å². The maximum atomic E-state index is 11.0. The zero-order valence-electron chi connectivity index (χ0n) is 10.1. The molecule has 0 atom stereocenters. The first-order valence-corrected chi connectivity index (χ1v) is 6.52. The molecule has 0 bridgehead atoms. The number of carboxylic acid groups (broad SMARTS) is 1. The van der Waals surface area contributed by atoms with Crippen LogP contribution in [0, 0.1) is 0 Å². The van der Waals surface area contributed by atoms with E-state index in [1.165, 1.54) is 12.1 Å². The Bertz CT molecular complexity index is 821. The lowest BCUT2D eigenvalue weighted by molar-refractivity contribution is 0.0697. The highest BCUT2D eigenvalue weighted by Crippen LogP contribution is 2.31. The number of carboxylic acids is 1. The summed E-state index contributed by atoms with van der Waals surface area (Å²) < 4.78 is 5.69. The number of fused-ring (bicyclic) bond motifs is 1. The molecule has 3 aromatic rings. The fraction of sp³-hybridized carbons (Fsp3) is 0. The molecule has 5 heteroatoms. The van der Waals surface area contributed by atoms with Crippen molar-refractivity contribution < 1.29 is 14.3 Å². The molecule has 1 N–H and O–H groups in total. The summed E-state index contributed by atoms with van der Waals surface area (Å²) in [7, 11) is 0. The lowest BCUT2D eigenvalue weighted by Gasteiger charge is -2.01. The van der Waals surface area contributed by atoms with Crippen LogP contribution >= 0.6 is 23.2 Å². The number of carbonyl (C=O) groups is 1. The second-order valence-electron chi connectivity index (χ2n) is 4.33. The first-order valence-electron chi connectivity index (χ1n) is 5.76. The monoisotopic (exact) mass is 306 g/mol. The van der Waals surface area contributed by atoms with E-state index in [-0.39, 0.29) is 5.56 Å². The summed E-state index contributed by atoms with van der Waals surface area (Å²) in [5.74, 6) is -0.486. The maximum Gasteiger partial charge on any atom is 0.335 e. The second kappa shape index (κ2) is 4.85. The van der Waals surface area contributed by atoms with Crippen molar-refractivity contribution in [3.63, 3.8) is 0 Å². The van der Waals surface area contributed by atoms with Crippen molar-refractivity contribution in [1.29, 1.82) is 0 Å². The quantitative estimate of drug-likeness (QED) is 0.716.